The Balaban J connectivity index is 1.39. The molecule has 3 aliphatic rings. The van der Waals surface area contributed by atoms with Crippen molar-refractivity contribution < 1.29 is 0 Å². The third-order valence-corrected chi connectivity index (χ3v) is 6.10. The molecule has 0 aromatic carbocycles. The first-order valence-corrected chi connectivity index (χ1v) is 8.43. The Bertz CT molecular complexity index is 289. The van der Waals surface area contributed by atoms with Crippen LogP contribution in [0.15, 0.2) is 12.2 Å². The van der Waals surface area contributed by atoms with E-state index in [4.69, 9.17) is 0 Å². The first-order valence-electron chi connectivity index (χ1n) is 7.38. The molecule has 5 atom stereocenters. The monoisotopic (exact) mass is 251 g/mol. The summed E-state index contributed by atoms with van der Waals surface area (Å²) in [5.74, 6) is 4.07. The average Bonchev–Trinajstić information content (AvgIpc) is 3.02. The van der Waals surface area contributed by atoms with Crippen molar-refractivity contribution in [3.8, 4) is 0 Å². The van der Waals surface area contributed by atoms with Crippen molar-refractivity contribution in [3.63, 3.8) is 0 Å². The van der Waals surface area contributed by atoms with Gasteiger partial charge >= 0.3 is 0 Å². The minimum atomic E-state index is 0.821. The molecule has 0 aliphatic heterocycles. The molecular formula is C15H25NS. The summed E-state index contributed by atoms with van der Waals surface area (Å²) < 4.78 is 0. The van der Waals surface area contributed by atoms with Gasteiger partial charge in [-0.3, -0.25) is 0 Å². The molecule has 5 unspecified atom stereocenters. The molecule has 96 valence electrons. The lowest BCUT2D eigenvalue weighted by Gasteiger charge is -2.21. The molecule has 0 aromatic rings. The Hall–Kier alpha value is 0.0500. The van der Waals surface area contributed by atoms with Gasteiger partial charge in [0.2, 0.25) is 0 Å². The van der Waals surface area contributed by atoms with Gasteiger partial charge in [0.25, 0.3) is 0 Å². The van der Waals surface area contributed by atoms with Gasteiger partial charge in [-0.25, -0.2) is 0 Å². The zero-order valence-electron chi connectivity index (χ0n) is 10.9. The van der Waals surface area contributed by atoms with Crippen LogP contribution >= 0.6 is 11.8 Å². The van der Waals surface area contributed by atoms with Crippen LogP contribution in [0.25, 0.3) is 0 Å². The van der Waals surface area contributed by atoms with Crippen molar-refractivity contribution in [1.82, 2.24) is 5.32 Å². The molecule has 1 nitrogen and oxygen atoms in total. The maximum Gasteiger partial charge on any atom is 0.00781 e. The van der Waals surface area contributed by atoms with Gasteiger partial charge in [-0.15, -0.1) is 0 Å². The van der Waals surface area contributed by atoms with Crippen LogP contribution in [0.1, 0.15) is 39.0 Å². The van der Waals surface area contributed by atoms with Gasteiger partial charge in [-0.2, -0.15) is 11.8 Å². The first-order chi connectivity index (χ1) is 8.35. The highest BCUT2D eigenvalue weighted by atomic mass is 32.2. The second-order valence-electron chi connectivity index (χ2n) is 6.04. The molecule has 2 saturated carbocycles. The zero-order valence-corrected chi connectivity index (χ0v) is 11.7. The second-order valence-corrected chi connectivity index (χ2v) is 7.61. The van der Waals surface area contributed by atoms with Gasteiger partial charge in [0.15, 0.2) is 0 Å². The zero-order chi connectivity index (χ0) is 11.7. The Morgan fingerprint density at radius 2 is 2.12 bits per heavy atom. The lowest BCUT2D eigenvalue weighted by molar-refractivity contribution is 0.383. The number of hydrogen-bond acceptors (Lipinski definition) is 2. The molecular weight excluding hydrogens is 226 g/mol. The highest BCUT2D eigenvalue weighted by Gasteiger charge is 2.35. The minimum Gasteiger partial charge on any atom is -0.314 e. The van der Waals surface area contributed by atoms with Crippen LogP contribution in [0.4, 0.5) is 0 Å². The summed E-state index contributed by atoms with van der Waals surface area (Å²) in [5, 5.41) is 4.79. The fourth-order valence-electron chi connectivity index (χ4n) is 3.96. The van der Waals surface area contributed by atoms with Crippen LogP contribution in [-0.2, 0) is 0 Å². The summed E-state index contributed by atoms with van der Waals surface area (Å²) in [7, 11) is 0. The van der Waals surface area contributed by atoms with E-state index in [0.29, 0.717) is 0 Å². The van der Waals surface area contributed by atoms with E-state index in [1.165, 1.54) is 44.4 Å². The molecule has 1 N–H and O–H groups in total. The predicted molar refractivity (Wildman–Crippen MR) is 76.4 cm³/mol. The van der Waals surface area contributed by atoms with Gasteiger partial charge < -0.3 is 5.32 Å². The minimum absolute atomic E-state index is 0.821. The van der Waals surface area contributed by atoms with E-state index in [1.54, 1.807) is 0 Å². The summed E-state index contributed by atoms with van der Waals surface area (Å²) in [5.41, 5.74) is 0. The highest BCUT2D eigenvalue weighted by molar-refractivity contribution is 7.99. The molecule has 0 amide bonds. The van der Waals surface area contributed by atoms with Gasteiger partial charge in [-0.05, 0) is 62.2 Å². The Morgan fingerprint density at radius 1 is 1.18 bits per heavy atom. The molecule has 17 heavy (non-hydrogen) atoms. The maximum atomic E-state index is 3.85. The lowest BCUT2D eigenvalue weighted by Crippen LogP contribution is -2.33. The van der Waals surface area contributed by atoms with Gasteiger partial charge in [0.05, 0.1) is 0 Å². The van der Waals surface area contributed by atoms with E-state index in [0.717, 1.165) is 29.0 Å². The smallest absolute Gasteiger partial charge is 0.00781 e. The molecule has 3 aliphatic carbocycles. The van der Waals surface area contributed by atoms with Gasteiger partial charge in [0, 0.05) is 11.3 Å². The third kappa shape index (κ3) is 2.73. The third-order valence-electron chi connectivity index (χ3n) is 4.87. The van der Waals surface area contributed by atoms with E-state index in [2.05, 4.69) is 36.2 Å². The van der Waals surface area contributed by atoms with Crippen molar-refractivity contribution in [3.05, 3.63) is 12.2 Å². The number of hydrogen-bond donors (Lipinski definition) is 1. The summed E-state index contributed by atoms with van der Waals surface area (Å²) >= 11 is 2.16. The second kappa shape index (κ2) is 5.36. The van der Waals surface area contributed by atoms with Crippen molar-refractivity contribution in [2.75, 3.05) is 12.3 Å². The molecule has 2 heteroatoms. The van der Waals surface area contributed by atoms with E-state index < -0.39 is 0 Å². The van der Waals surface area contributed by atoms with Crippen LogP contribution < -0.4 is 5.32 Å². The van der Waals surface area contributed by atoms with E-state index in [-0.39, 0.29) is 0 Å². The van der Waals surface area contributed by atoms with Crippen molar-refractivity contribution >= 4 is 11.8 Å². The quantitative estimate of drug-likeness (QED) is 0.751. The summed E-state index contributed by atoms with van der Waals surface area (Å²) in [4.78, 5) is 0. The van der Waals surface area contributed by atoms with E-state index >= 15 is 0 Å². The average molecular weight is 251 g/mol. The number of rotatable bonds is 5. The number of allylic oxidation sites excluding steroid dienone is 2. The van der Waals surface area contributed by atoms with E-state index in [1.807, 2.05) is 0 Å². The van der Waals surface area contributed by atoms with Gasteiger partial charge in [-0.1, -0.05) is 19.1 Å². The topological polar surface area (TPSA) is 12.0 Å². The van der Waals surface area contributed by atoms with Crippen LogP contribution in [-0.4, -0.2) is 23.6 Å². The van der Waals surface area contributed by atoms with Crippen molar-refractivity contribution in [2.45, 2.75) is 50.3 Å². The van der Waals surface area contributed by atoms with Crippen LogP contribution in [0, 0.1) is 17.8 Å². The Kier molecular flexibility index (Phi) is 3.81. The normalized spacial score (nSPS) is 43.7. The number of nitrogens with one attached hydrogen (secondary N) is 1. The van der Waals surface area contributed by atoms with Crippen LogP contribution in [0.3, 0.4) is 0 Å². The summed E-state index contributed by atoms with van der Waals surface area (Å²) in [6, 6.07) is 0.821. The van der Waals surface area contributed by atoms with Crippen LogP contribution in [0.2, 0.25) is 0 Å². The molecule has 0 spiro atoms. The predicted octanol–water partition coefficient (Wildman–Crippen LogP) is 3.46. The molecule has 2 bridgehead atoms. The molecule has 0 saturated heterocycles. The fraction of sp³-hybridized carbons (Fsp3) is 0.867. The summed E-state index contributed by atoms with van der Waals surface area (Å²) in [6.45, 7) is 3.56. The van der Waals surface area contributed by atoms with Gasteiger partial charge in [0.1, 0.15) is 0 Å². The molecule has 0 heterocycles. The SMILES string of the molecule is CCSC1CCC(NCC2CC3C=CC2C3)C1. The molecule has 2 fully saturated rings. The molecule has 0 aromatic heterocycles. The Labute approximate surface area is 110 Å². The largest absolute Gasteiger partial charge is 0.314 e. The van der Waals surface area contributed by atoms with E-state index in [9.17, 15) is 0 Å². The summed E-state index contributed by atoms with van der Waals surface area (Å²) in [6.07, 6.45) is 12.1. The Morgan fingerprint density at radius 3 is 2.82 bits per heavy atom. The van der Waals surface area contributed by atoms with Crippen LogP contribution in [0.5, 0.6) is 0 Å². The van der Waals surface area contributed by atoms with Crippen molar-refractivity contribution in [1.29, 1.82) is 0 Å². The lowest BCUT2D eigenvalue weighted by atomic mass is 9.93. The number of fused-ring (bicyclic) bond motifs is 2. The fourth-order valence-corrected chi connectivity index (χ4v) is 5.10. The molecule has 3 rings (SSSR count). The molecule has 0 radical (unpaired) electrons. The maximum absolute atomic E-state index is 3.85. The number of thioether (sulfide) groups is 1. The standard InChI is InChI=1S/C15H25NS/c1-2-17-15-6-5-14(9-15)16-10-13-8-11-3-4-12(13)7-11/h3-4,11-16H,2,5-10H2,1H3. The highest BCUT2D eigenvalue weighted by Crippen LogP contribution is 2.43. The van der Waals surface area contributed by atoms with Crippen molar-refractivity contribution in [2.24, 2.45) is 17.8 Å². The first kappa shape index (κ1) is 12.1.